The van der Waals surface area contributed by atoms with Crippen LogP contribution in [-0.2, 0) is 14.3 Å². The first-order chi connectivity index (χ1) is 6.99. The second kappa shape index (κ2) is 4.86. The molecule has 0 saturated carbocycles. The van der Waals surface area contributed by atoms with Crippen molar-refractivity contribution in [1.29, 1.82) is 0 Å². The van der Waals surface area contributed by atoms with Gasteiger partial charge in [-0.05, 0) is 6.92 Å². The highest BCUT2D eigenvalue weighted by molar-refractivity contribution is 5.73. The number of aliphatic carboxylic acids is 1. The van der Waals surface area contributed by atoms with Gasteiger partial charge in [-0.2, -0.15) is 0 Å². The Hall–Kier alpha value is -0.730. The molecule has 88 valence electrons. The minimum absolute atomic E-state index is 0.191. The number of carboxylic acid groups (broad SMARTS) is 1. The summed E-state index contributed by atoms with van der Waals surface area (Å²) >= 11 is 0. The molecule has 1 rings (SSSR count). The Bertz CT molecular complexity index is 231. The maximum Gasteiger partial charge on any atom is 0.335 e. The molecular weight excluding hydrogens is 208 g/mol. The van der Waals surface area contributed by atoms with Gasteiger partial charge in [0.05, 0.1) is 0 Å². The summed E-state index contributed by atoms with van der Waals surface area (Å²) in [7, 11) is 0. The van der Waals surface area contributed by atoms with E-state index in [-0.39, 0.29) is 6.61 Å². The maximum atomic E-state index is 10.6. The summed E-state index contributed by atoms with van der Waals surface area (Å²) in [6.07, 6.45) is -7.57. The Morgan fingerprint density at radius 2 is 1.87 bits per heavy atom. The monoisotopic (exact) mass is 222 g/mol. The van der Waals surface area contributed by atoms with E-state index in [0.29, 0.717) is 0 Å². The molecule has 7 heteroatoms. The summed E-state index contributed by atoms with van der Waals surface area (Å²) in [5.41, 5.74) is 0. The second-order valence-electron chi connectivity index (χ2n) is 3.19. The number of aliphatic hydroxyl groups is 3. The minimum Gasteiger partial charge on any atom is -0.479 e. The molecule has 0 aromatic heterocycles. The summed E-state index contributed by atoms with van der Waals surface area (Å²) < 4.78 is 9.69. The molecule has 0 aliphatic carbocycles. The number of carbonyl (C=O) groups is 1. The molecule has 0 spiro atoms. The first-order valence-electron chi connectivity index (χ1n) is 4.53. The number of carboxylic acids is 1. The molecule has 1 saturated heterocycles. The predicted octanol–water partition coefficient (Wildman–Crippen LogP) is -2.08. The highest BCUT2D eigenvalue weighted by Crippen LogP contribution is 2.22. The van der Waals surface area contributed by atoms with Gasteiger partial charge in [-0.3, -0.25) is 0 Å². The number of ether oxygens (including phenoxy) is 2. The van der Waals surface area contributed by atoms with Gasteiger partial charge < -0.3 is 29.9 Å². The third-order valence-corrected chi connectivity index (χ3v) is 2.14. The number of rotatable bonds is 3. The fourth-order valence-corrected chi connectivity index (χ4v) is 1.35. The molecule has 0 radical (unpaired) electrons. The third kappa shape index (κ3) is 2.44. The Morgan fingerprint density at radius 1 is 1.27 bits per heavy atom. The van der Waals surface area contributed by atoms with Crippen molar-refractivity contribution in [2.75, 3.05) is 6.61 Å². The number of aliphatic hydroxyl groups excluding tert-OH is 3. The topological polar surface area (TPSA) is 116 Å². The first-order valence-corrected chi connectivity index (χ1v) is 4.53. The quantitative estimate of drug-likeness (QED) is 0.432. The SMILES string of the molecule is CCO[C@H]1O[C@H](C(=O)O)[C@@H](O)[C@H](O)[C@H]1O. The van der Waals surface area contributed by atoms with Gasteiger partial charge in [0.15, 0.2) is 12.4 Å². The summed E-state index contributed by atoms with van der Waals surface area (Å²) in [5.74, 6) is -1.42. The summed E-state index contributed by atoms with van der Waals surface area (Å²) in [6, 6.07) is 0. The molecule has 7 nitrogen and oxygen atoms in total. The molecule has 0 bridgehead atoms. The van der Waals surface area contributed by atoms with Crippen molar-refractivity contribution in [2.24, 2.45) is 0 Å². The van der Waals surface area contributed by atoms with Gasteiger partial charge in [-0.1, -0.05) is 0 Å². The average molecular weight is 222 g/mol. The zero-order chi connectivity index (χ0) is 11.6. The van der Waals surface area contributed by atoms with E-state index in [4.69, 9.17) is 14.6 Å². The second-order valence-corrected chi connectivity index (χ2v) is 3.19. The third-order valence-electron chi connectivity index (χ3n) is 2.14. The molecule has 0 amide bonds. The van der Waals surface area contributed by atoms with E-state index in [9.17, 15) is 20.1 Å². The molecule has 5 atom stereocenters. The summed E-state index contributed by atoms with van der Waals surface area (Å²) in [4.78, 5) is 10.6. The van der Waals surface area contributed by atoms with Crippen molar-refractivity contribution in [3.05, 3.63) is 0 Å². The fourth-order valence-electron chi connectivity index (χ4n) is 1.35. The standard InChI is InChI=1S/C8H14O7/c1-2-14-8-5(11)3(9)4(10)6(15-8)7(12)13/h3-6,8-11H,2H2,1H3,(H,12,13)/t3-,4-,5+,6-,8-/m0/s1. The van der Waals surface area contributed by atoms with Crippen LogP contribution in [0.5, 0.6) is 0 Å². The highest BCUT2D eigenvalue weighted by Gasteiger charge is 2.47. The van der Waals surface area contributed by atoms with Crippen molar-refractivity contribution >= 4 is 5.97 Å². The van der Waals surface area contributed by atoms with E-state index < -0.39 is 36.7 Å². The molecule has 0 aromatic carbocycles. The smallest absolute Gasteiger partial charge is 0.335 e. The van der Waals surface area contributed by atoms with E-state index in [1.807, 2.05) is 0 Å². The average Bonchev–Trinajstić information content (AvgIpc) is 2.18. The lowest BCUT2D eigenvalue weighted by Gasteiger charge is -2.38. The molecule has 1 aliphatic rings. The lowest BCUT2D eigenvalue weighted by molar-refractivity contribution is -0.292. The lowest BCUT2D eigenvalue weighted by Crippen LogP contribution is -2.60. The lowest BCUT2D eigenvalue weighted by atomic mass is 9.99. The van der Waals surface area contributed by atoms with Gasteiger partial charge in [-0.15, -0.1) is 0 Å². The molecule has 0 unspecified atom stereocenters. The largest absolute Gasteiger partial charge is 0.479 e. The summed E-state index contributed by atoms with van der Waals surface area (Å²) in [6.45, 7) is 1.82. The molecular formula is C8H14O7. The number of hydrogen-bond donors (Lipinski definition) is 4. The van der Waals surface area contributed by atoms with Crippen LogP contribution in [0.4, 0.5) is 0 Å². The Morgan fingerprint density at radius 3 is 2.33 bits per heavy atom. The van der Waals surface area contributed by atoms with Crippen LogP contribution in [0.25, 0.3) is 0 Å². The van der Waals surface area contributed by atoms with Crippen LogP contribution in [0.15, 0.2) is 0 Å². The van der Waals surface area contributed by atoms with Crippen LogP contribution in [0.2, 0.25) is 0 Å². The molecule has 1 heterocycles. The first kappa shape index (κ1) is 12.3. The van der Waals surface area contributed by atoms with Crippen LogP contribution in [-0.4, -0.2) is 63.7 Å². The molecule has 15 heavy (non-hydrogen) atoms. The highest BCUT2D eigenvalue weighted by atomic mass is 16.7. The normalized spacial score (nSPS) is 41.5. The van der Waals surface area contributed by atoms with Crippen molar-refractivity contribution in [3.63, 3.8) is 0 Å². The zero-order valence-electron chi connectivity index (χ0n) is 8.11. The van der Waals surface area contributed by atoms with Crippen LogP contribution in [0.3, 0.4) is 0 Å². The van der Waals surface area contributed by atoms with Crippen LogP contribution < -0.4 is 0 Å². The molecule has 4 N–H and O–H groups in total. The van der Waals surface area contributed by atoms with E-state index in [2.05, 4.69) is 0 Å². The van der Waals surface area contributed by atoms with Crippen LogP contribution in [0.1, 0.15) is 6.92 Å². The van der Waals surface area contributed by atoms with E-state index in [0.717, 1.165) is 0 Å². The van der Waals surface area contributed by atoms with Crippen LogP contribution in [0, 0.1) is 0 Å². The van der Waals surface area contributed by atoms with Gasteiger partial charge in [-0.25, -0.2) is 4.79 Å². The van der Waals surface area contributed by atoms with Gasteiger partial charge in [0, 0.05) is 6.61 Å². The van der Waals surface area contributed by atoms with Gasteiger partial charge in [0.25, 0.3) is 0 Å². The minimum atomic E-state index is -1.67. The molecule has 1 fully saturated rings. The van der Waals surface area contributed by atoms with Crippen molar-refractivity contribution in [3.8, 4) is 0 Å². The van der Waals surface area contributed by atoms with E-state index in [1.54, 1.807) is 6.92 Å². The van der Waals surface area contributed by atoms with Crippen molar-refractivity contribution in [2.45, 2.75) is 37.6 Å². The van der Waals surface area contributed by atoms with Gasteiger partial charge in [0.1, 0.15) is 18.3 Å². The van der Waals surface area contributed by atoms with Gasteiger partial charge >= 0.3 is 5.97 Å². The van der Waals surface area contributed by atoms with E-state index >= 15 is 0 Å². The van der Waals surface area contributed by atoms with Crippen molar-refractivity contribution < 1.29 is 34.7 Å². The fraction of sp³-hybridized carbons (Fsp3) is 0.875. The Labute approximate surface area is 85.9 Å². The molecule has 1 aliphatic heterocycles. The Kier molecular flexibility index (Phi) is 4.00. The number of hydrogen-bond acceptors (Lipinski definition) is 6. The zero-order valence-corrected chi connectivity index (χ0v) is 8.11. The van der Waals surface area contributed by atoms with Crippen molar-refractivity contribution in [1.82, 2.24) is 0 Å². The predicted molar refractivity (Wildman–Crippen MR) is 45.9 cm³/mol. The van der Waals surface area contributed by atoms with Gasteiger partial charge in [0.2, 0.25) is 0 Å². The maximum absolute atomic E-state index is 10.6. The van der Waals surface area contributed by atoms with Crippen LogP contribution >= 0.6 is 0 Å². The van der Waals surface area contributed by atoms with E-state index in [1.165, 1.54) is 0 Å². The summed E-state index contributed by atoms with van der Waals surface area (Å²) in [5, 5.41) is 36.7. The molecule has 0 aromatic rings. The Balaban J connectivity index is 2.75.